The van der Waals surface area contributed by atoms with Crippen LogP contribution in [0.1, 0.15) is 5.56 Å². The number of nitrogens with one attached hydrogen (secondary N) is 1. The Morgan fingerprint density at radius 3 is 2.77 bits per heavy atom. The minimum absolute atomic E-state index is 0.0860. The summed E-state index contributed by atoms with van der Waals surface area (Å²) in [4.78, 5) is 12.9. The summed E-state index contributed by atoms with van der Waals surface area (Å²) in [5, 5.41) is 23.9. The monoisotopic (exact) mass is 329 g/mol. The third-order valence-electron chi connectivity index (χ3n) is 3.58. The molecule has 0 radical (unpaired) electrons. The molecule has 1 aromatic rings. The SMILES string of the molecule is Cc1cc([N+](=O)[O-])c(N2CCOCC2)cc1NCC(O)CCl. The number of nitro benzene ring substituents is 1. The lowest BCUT2D eigenvalue weighted by atomic mass is 10.1. The molecular formula is C14H20ClN3O4. The molecule has 1 aromatic carbocycles. The Kier molecular flexibility index (Phi) is 5.82. The molecule has 0 spiro atoms. The maximum absolute atomic E-state index is 11.3. The molecule has 122 valence electrons. The lowest BCUT2D eigenvalue weighted by Gasteiger charge is -2.29. The Bertz CT molecular complexity index is 535. The molecule has 1 aliphatic heterocycles. The van der Waals surface area contributed by atoms with Gasteiger partial charge in [0.1, 0.15) is 5.69 Å². The van der Waals surface area contributed by atoms with Crippen LogP contribution < -0.4 is 10.2 Å². The molecule has 0 bridgehead atoms. The van der Waals surface area contributed by atoms with Crippen LogP contribution in [0.5, 0.6) is 0 Å². The molecule has 1 unspecified atom stereocenters. The first-order chi connectivity index (χ1) is 10.5. The topological polar surface area (TPSA) is 87.9 Å². The van der Waals surface area contributed by atoms with Gasteiger partial charge in [0.05, 0.1) is 30.1 Å². The van der Waals surface area contributed by atoms with Crippen molar-refractivity contribution in [1.29, 1.82) is 0 Å². The van der Waals surface area contributed by atoms with Gasteiger partial charge < -0.3 is 20.1 Å². The number of hydrogen-bond donors (Lipinski definition) is 2. The van der Waals surface area contributed by atoms with Crippen LogP contribution >= 0.6 is 11.6 Å². The summed E-state index contributed by atoms with van der Waals surface area (Å²) in [7, 11) is 0. The first kappa shape index (κ1) is 16.8. The molecule has 1 saturated heterocycles. The van der Waals surface area contributed by atoms with E-state index in [0.29, 0.717) is 38.5 Å². The van der Waals surface area contributed by atoms with Gasteiger partial charge in [-0.15, -0.1) is 11.6 Å². The summed E-state index contributed by atoms with van der Waals surface area (Å²) in [6, 6.07) is 3.32. The predicted molar refractivity (Wildman–Crippen MR) is 86.1 cm³/mol. The number of benzene rings is 1. The highest BCUT2D eigenvalue weighted by molar-refractivity contribution is 6.18. The summed E-state index contributed by atoms with van der Waals surface area (Å²) >= 11 is 5.58. The zero-order chi connectivity index (χ0) is 16.1. The summed E-state index contributed by atoms with van der Waals surface area (Å²) in [6.07, 6.45) is -0.664. The Morgan fingerprint density at radius 1 is 1.50 bits per heavy atom. The van der Waals surface area contributed by atoms with Crippen molar-refractivity contribution >= 4 is 28.7 Å². The van der Waals surface area contributed by atoms with Gasteiger partial charge in [-0.2, -0.15) is 0 Å². The van der Waals surface area contributed by atoms with E-state index in [-0.39, 0.29) is 16.5 Å². The molecular weight excluding hydrogens is 310 g/mol. The highest BCUT2D eigenvalue weighted by Gasteiger charge is 2.23. The molecule has 1 aliphatic rings. The number of nitrogens with zero attached hydrogens (tertiary/aromatic N) is 2. The van der Waals surface area contributed by atoms with Crippen molar-refractivity contribution in [3.8, 4) is 0 Å². The van der Waals surface area contributed by atoms with Crippen LogP contribution in [0.3, 0.4) is 0 Å². The van der Waals surface area contributed by atoms with E-state index in [1.54, 1.807) is 19.1 Å². The first-order valence-electron chi connectivity index (χ1n) is 7.12. The van der Waals surface area contributed by atoms with Crippen LogP contribution in [0.25, 0.3) is 0 Å². The van der Waals surface area contributed by atoms with E-state index in [2.05, 4.69) is 5.32 Å². The van der Waals surface area contributed by atoms with E-state index < -0.39 is 6.10 Å². The number of nitro groups is 1. The Morgan fingerprint density at radius 2 is 2.18 bits per heavy atom. The van der Waals surface area contributed by atoms with E-state index in [0.717, 1.165) is 11.3 Å². The van der Waals surface area contributed by atoms with Gasteiger partial charge in [-0.05, 0) is 18.6 Å². The molecule has 2 N–H and O–H groups in total. The summed E-state index contributed by atoms with van der Waals surface area (Å²) in [6.45, 7) is 4.44. The quantitative estimate of drug-likeness (QED) is 0.469. The van der Waals surface area contributed by atoms with Crippen molar-refractivity contribution in [1.82, 2.24) is 0 Å². The summed E-state index contributed by atoms with van der Waals surface area (Å²) in [5.41, 5.74) is 2.17. The lowest BCUT2D eigenvalue weighted by molar-refractivity contribution is -0.384. The van der Waals surface area contributed by atoms with Crippen molar-refractivity contribution in [2.24, 2.45) is 0 Å². The average Bonchev–Trinajstić information content (AvgIpc) is 2.53. The van der Waals surface area contributed by atoms with E-state index in [1.165, 1.54) is 0 Å². The van der Waals surface area contributed by atoms with Crippen molar-refractivity contribution in [2.75, 3.05) is 48.9 Å². The average molecular weight is 330 g/mol. The largest absolute Gasteiger partial charge is 0.390 e. The maximum Gasteiger partial charge on any atom is 0.292 e. The van der Waals surface area contributed by atoms with Gasteiger partial charge in [-0.3, -0.25) is 10.1 Å². The molecule has 0 aliphatic carbocycles. The third-order valence-corrected chi connectivity index (χ3v) is 3.93. The second kappa shape index (κ2) is 7.62. The number of anilines is 2. The fraction of sp³-hybridized carbons (Fsp3) is 0.571. The van der Waals surface area contributed by atoms with Gasteiger partial charge in [0.2, 0.25) is 0 Å². The van der Waals surface area contributed by atoms with Crippen molar-refractivity contribution in [3.63, 3.8) is 0 Å². The number of aliphatic hydroxyl groups excluding tert-OH is 1. The zero-order valence-electron chi connectivity index (χ0n) is 12.4. The minimum atomic E-state index is -0.664. The summed E-state index contributed by atoms with van der Waals surface area (Å²) < 4.78 is 5.29. The van der Waals surface area contributed by atoms with E-state index in [1.807, 2.05) is 4.90 Å². The lowest BCUT2D eigenvalue weighted by Crippen LogP contribution is -2.36. The third kappa shape index (κ3) is 4.00. The number of ether oxygens (including phenoxy) is 1. The van der Waals surface area contributed by atoms with Crippen LogP contribution in [0, 0.1) is 17.0 Å². The van der Waals surface area contributed by atoms with Gasteiger partial charge in [0, 0.05) is 31.4 Å². The molecule has 22 heavy (non-hydrogen) atoms. The van der Waals surface area contributed by atoms with Crippen LogP contribution in [0.4, 0.5) is 17.1 Å². The van der Waals surface area contributed by atoms with Gasteiger partial charge in [0.25, 0.3) is 5.69 Å². The number of morpholine rings is 1. The molecule has 0 saturated carbocycles. The van der Waals surface area contributed by atoms with Crippen LogP contribution in [-0.2, 0) is 4.74 Å². The zero-order valence-corrected chi connectivity index (χ0v) is 13.2. The fourth-order valence-electron chi connectivity index (χ4n) is 2.36. The highest BCUT2D eigenvalue weighted by Crippen LogP contribution is 2.34. The predicted octanol–water partition coefficient (Wildman–Crippen LogP) is 1.75. The van der Waals surface area contributed by atoms with E-state index >= 15 is 0 Å². The molecule has 0 amide bonds. The van der Waals surface area contributed by atoms with Gasteiger partial charge >= 0.3 is 0 Å². The maximum atomic E-state index is 11.3. The van der Waals surface area contributed by atoms with Crippen LogP contribution in [-0.4, -0.2) is 54.9 Å². The molecule has 7 nitrogen and oxygen atoms in total. The van der Waals surface area contributed by atoms with Gasteiger partial charge in [-0.1, -0.05) is 0 Å². The normalized spacial score (nSPS) is 16.4. The second-order valence-electron chi connectivity index (χ2n) is 5.20. The Labute approximate surface area is 134 Å². The van der Waals surface area contributed by atoms with Gasteiger partial charge in [-0.25, -0.2) is 0 Å². The Balaban J connectivity index is 2.29. The molecule has 1 heterocycles. The number of aliphatic hydroxyl groups is 1. The first-order valence-corrected chi connectivity index (χ1v) is 7.66. The second-order valence-corrected chi connectivity index (χ2v) is 5.51. The summed E-state index contributed by atoms with van der Waals surface area (Å²) in [5.74, 6) is 0.134. The fourth-order valence-corrected chi connectivity index (χ4v) is 2.47. The van der Waals surface area contributed by atoms with Crippen LogP contribution in [0.2, 0.25) is 0 Å². The number of hydrogen-bond acceptors (Lipinski definition) is 6. The Hall–Kier alpha value is -1.57. The minimum Gasteiger partial charge on any atom is -0.390 e. The van der Waals surface area contributed by atoms with Gasteiger partial charge in [0.15, 0.2) is 0 Å². The molecule has 0 aromatic heterocycles. The molecule has 8 heteroatoms. The van der Waals surface area contributed by atoms with Crippen molar-refractivity contribution < 1.29 is 14.8 Å². The molecule has 2 rings (SSSR count). The molecule has 1 atom stereocenters. The van der Waals surface area contributed by atoms with Crippen molar-refractivity contribution in [3.05, 3.63) is 27.8 Å². The van der Waals surface area contributed by atoms with E-state index in [9.17, 15) is 15.2 Å². The van der Waals surface area contributed by atoms with Crippen molar-refractivity contribution in [2.45, 2.75) is 13.0 Å². The number of aryl methyl sites for hydroxylation is 1. The number of alkyl halides is 1. The highest BCUT2D eigenvalue weighted by atomic mass is 35.5. The smallest absolute Gasteiger partial charge is 0.292 e. The molecule has 1 fully saturated rings. The number of halogens is 1. The van der Waals surface area contributed by atoms with Crippen LogP contribution in [0.15, 0.2) is 12.1 Å². The van der Waals surface area contributed by atoms with E-state index in [4.69, 9.17) is 16.3 Å². The standard InChI is InChI=1S/C14H20ClN3O4/c1-10-6-14(18(20)21)13(17-2-4-22-5-3-17)7-12(10)16-9-11(19)8-15/h6-7,11,16,19H,2-5,8-9H2,1H3. The number of rotatable bonds is 6.